The van der Waals surface area contributed by atoms with Crippen LogP contribution in [0.4, 0.5) is 10.7 Å². The van der Waals surface area contributed by atoms with Gasteiger partial charge in [0, 0.05) is 12.8 Å². The van der Waals surface area contributed by atoms with Gasteiger partial charge in [0.2, 0.25) is 11.1 Å². The number of hydrogen-bond acceptors (Lipinski definition) is 5. The van der Waals surface area contributed by atoms with Crippen molar-refractivity contribution < 1.29 is 4.79 Å². The van der Waals surface area contributed by atoms with Gasteiger partial charge in [0.25, 0.3) is 0 Å². The summed E-state index contributed by atoms with van der Waals surface area (Å²) >= 11 is 1.48. The summed E-state index contributed by atoms with van der Waals surface area (Å²) < 4.78 is 1.28. The molecule has 0 aliphatic heterocycles. The van der Waals surface area contributed by atoms with E-state index in [1.54, 1.807) is 7.05 Å². The molecule has 0 unspecified atom stereocenters. The molecule has 1 aromatic rings. The number of thioether (sulfide) groups is 1. The zero-order valence-corrected chi connectivity index (χ0v) is 9.67. The topological polar surface area (TPSA) is 85.8 Å². The third-order valence-electron chi connectivity index (χ3n) is 1.80. The second-order valence-electron chi connectivity index (χ2n) is 2.93. The van der Waals surface area contributed by atoms with Gasteiger partial charge in [0.15, 0.2) is 0 Å². The number of amides is 1. The van der Waals surface area contributed by atoms with Gasteiger partial charge in [-0.05, 0) is 6.42 Å². The number of rotatable bonds is 4. The normalized spacial score (nSPS) is 10.3. The molecular weight excluding hydrogens is 214 g/mol. The van der Waals surface area contributed by atoms with Gasteiger partial charge < -0.3 is 11.1 Å². The molecule has 0 saturated heterocycles. The van der Waals surface area contributed by atoms with Crippen LogP contribution in [0.1, 0.15) is 19.8 Å². The maximum atomic E-state index is 11.4. The van der Waals surface area contributed by atoms with Crippen molar-refractivity contribution in [2.75, 3.05) is 18.5 Å². The lowest BCUT2D eigenvalue weighted by atomic mass is 10.4. The Hall–Kier alpha value is -1.24. The van der Waals surface area contributed by atoms with E-state index in [0.29, 0.717) is 5.16 Å². The number of hydrogen-bond donors (Lipinski definition) is 2. The highest BCUT2D eigenvalue weighted by molar-refractivity contribution is 7.99. The monoisotopic (exact) mass is 229 g/mol. The summed E-state index contributed by atoms with van der Waals surface area (Å²) in [5.41, 5.74) is 5.54. The molecule has 1 aromatic heterocycles. The van der Waals surface area contributed by atoms with Gasteiger partial charge in [0.1, 0.15) is 0 Å². The fourth-order valence-electron chi connectivity index (χ4n) is 0.985. The van der Waals surface area contributed by atoms with Crippen molar-refractivity contribution >= 4 is 23.7 Å². The second-order valence-corrected chi connectivity index (χ2v) is 4.00. The summed E-state index contributed by atoms with van der Waals surface area (Å²) in [6.07, 6.45) is 2.18. The Morgan fingerprint density at radius 1 is 1.60 bits per heavy atom. The zero-order valence-electron chi connectivity index (χ0n) is 8.86. The first kappa shape index (κ1) is 11.8. The van der Waals surface area contributed by atoms with Gasteiger partial charge >= 0.3 is 6.03 Å². The van der Waals surface area contributed by atoms with E-state index >= 15 is 0 Å². The average Bonchev–Trinajstić information content (AvgIpc) is 2.59. The van der Waals surface area contributed by atoms with Gasteiger partial charge in [-0.25, -0.2) is 9.36 Å². The minimum atomic E-state index is -0.309. The summed E-state index contributed by atoms with van der Waals surface area (Å²) in [4.78, 5) is 11.4. The number of nitrogen functional groups attached to an aromatic ring is 1. The average molecular weight is 229 g/mol. The third-order valence-corrected chi connectivity index (χ3v) is 2.82. The van der Waals surface area contributed by atoms with Crippen LogP contribution in [0.15, 0.2) is 5.16 Å². The highest BCUT2D eigenvalue weighted by Crippen LogP contribution is 2.18. The van der Waals surface area contributed by atoms with E-state index in [9.17, 15) is 4.79 Å². The van der Waals surface area contributed by atoms with Crippen molar-refractivity contribution in [1.82, 2.24) is 20.1 Å². The first-order chi connectivity index (χ1) is 7.20. The van der Waals surface area contributed by atoms with Crippen LogP contribution >= 0.6 is 11.8 Å². The lowest BCUT2D eigenvalue weighted by molar-refractivity contribution is 0.243. The molecule has 84 valence electrons. The van der Waals surface area contributed by atoms with Crippen molar-refractivity contribution in [2.45, 2.75) is 24.9 Å². The maximum absolute atomic E-state index is 11.4. The largest absolute Gasteiger partial charge is 0.367 e. The SMILES string of the molecule is CCCCSc1nnc(N)n1C(=O)NC. The number of carbonyl (C=O) groups excluding carboxylic acids is 1. The molecule has 0 aliphatic rings. The van der Waals surface area contributed by atoms with E-state index in [4.69, 9.17) is 5.73 Å². The van der Waals surface area contributed by atoms with Crippen molar-refractivity contribution in [3.05, 3.63) is 0 Å². The lowest BCUT2D eigenvalue weighted by Crippen LogP contribution is -2.26. The third kappa shape index (κ3) is 2.85. The van der Waals surface area contributed by atoms with Crippen LogP contribution in [0.25, 0.3) is 0 Å². The van der Waals surface area contributed by atoms with Crippen molar-refractivity contribution in [3.63, 3.8) is 0 Å². The minimum Gasteiger partial charge on any atom is -0.367 e. The maximum Gasteiger partial charge on any atom is 0.330 e. The molecule has 1 amide bonds. The van der Waals surface area contributed by atoms with E-state index in [2.05, 4.69) is 22.4 Å². The Labute approximate surface area is 92.6 Å². The number of nitrogens with two attached hydrogens (primary N) is 1. The van der Waals surface area contributed by atoms with Crippen LogP contribution in [0.3, 0.4) is 0 Å². The van der Waals surface area contributed by atoms with Crippen LogP contribution in [0.5, 0.6) is 0 Å². The molecule has 0 fully saturated rings. The Morgan fingerprint density at radius 2 is 2.33 bits per heavy atom. The van der Waals surface area contributed by atoms with Crippen LogP contribution in [0, 0.1) is 0 Å². The quantitative estimate of drug-likeness (QED) is 0.592. The summed E-state index contributed by atoms with van der Waals surface area (Å²) in [5, 5.41) is 10.6. The van der Waals surface area contributed by atoms with Crippen LogP contribution < -0.4 is 11.1 Å². The molecule has 0 atom stereocenters. The van der Waals surface area contributed by atoms with Crippen LogP contribution in [0.2, 0.25) is 0 Å². The number of unbranched alkanes of at least 4 members (excludes halogenated alkanes) is 1. The van der Waals surface area contributed by atoms with Gasteiger partial charge in [-0.15, -0.1) is 10.2 Å². The van der Waals surface area contributed by atoms with E-state index < -0.39 is 0 Å². The molecule has 1 heterocycles. The van der Waals surface area contributed by atoms with Gasteiger partial charge in [-0.2, -0.15) is 0 Å². The molecule has 15 heavy (non-hydrogen) atoms. The molecule has 0 bridgehead atoms. The smallest absolute Gasteiger partial charge is 0.330 e. The summed E-state index contributed by atoms with van der Waals surface area (Å²) in [6, 6.07) is -0.309. The number of aromatic nitrogens is 3. The highest BCUT2D eigenvalue weighted by Gasteiger charge is 2.15. The number of carbonyl (C=O) groups is 1. The molecule has 0 aliphatic carbocycles. The van der Waals surface area contributed by atoms with Gasteiger partial charge in [0.05, 0.1) is 0 Å². The Bertz CT molecular complexity index is 338. The van der Waals surface area contributed by atoms with E-state index in [1.807, 2.05) is 0 Å². The fraction of sp³-hybridized carbons (Fsp3) is 0.625. The van der Waals surface area contributed by atoms with Crippen LogP contribution in [-0.4, -0.2) is 33.6 Å². The number of nitrogens with zero attached hydrogens (tertiary/aromatic N) is 3. The molecule has 7 heteroatoms. The molecule has 0 saturated carbocycles. The first-order valence-corrected chi connectivity index (χ1v) is 5.75. The second kappa shape index (κ2) is 5.59. The molecule has 0 aromatic carbocycles. The lowest BCUT2D eigenvalue weighted by Gasteiger charge is -2.04. The number of anilines is 1. The molecule has 3 N–H and O–H groups in total. The molecule has 0 spiro atoms. The van der Waals surface area contributed by atoms with Gasteiger partial charge in [-0.3, -0.25) is 0 Å². The van der Waals surface area contributed by atoms with Gasteiger partial charge in [-0.1, -0.05) is 25.1 Å². The predicted molar refractivity (Wildman–Crippen MR) is 59.9 cm³/mol. The standard InChI is InChI=1S/C8H15N5OS/c1-3-4-5-15-8-12-11-6(9)13(8)7(14)10-2/h3-5H2,1-2H3,(H2,9,11)(H,10,14). The zero-order chi connectivity index (χ0) is 11.3. The van der Waals surface area contributed by atoms with Crippen LogP contribution in [-0.2, 0) is 0 Å². The van der Waals surface area contributed by atoms with Crippen molar-refractivity contribution in [2.24, 2.45) is 0 Å². The summed E-state index contributed by atoms with van der Waals surface area (Å²) in [6.45, 7) is 2.11. The number of nitrogens with one attached hydrogen (secondary N) is 1. The highest BCUT2D eigenvalue weighted by atomic mass is 32.2. The molecule has 6 nitrogen and oxygen atoms in total. The fourth-order valence-corrected chi connectivity index (χ4v) is 2.01. The van der Waals surface area contributed by atoms with Crippen molar-refractivity contribution in [1.29, 1.82) is 0 Å². The Kier molecular flexibility index (Phi) is 4.41. The predicted octanol–water partition coefficient (Wildman–Crippen LogP) is 0.940. The Morgan fingerprint density at radius 3 is 2.93 bits per heavy atom. The van der Waals surface area contributed by atoms with E-state index in [1.165, 1.54) is 16.3 Å². The van der Waals surface area contributed by atoms with E-state index in [-0.39, 0.29) is 12.0 Å². The molecule has 1 rings (SSSR count). The minimum absolute atomic E-state index is 0.119. The summed E-state index contributed by atoms with van der Waals surface area (Å²) in [5.74, 6) is 1.03. The summed E-state index contributed by atoms with van der Waals surface area (Å²) in [7, 11) is 1.54. The first-order valence-electron chi connectivity index (χ1n) is 4.76. The van der Waals surface area contributed by atoms with E-state index in [0.717, 1.165) is 18.6 Å². The molecular formula is C8H15N5OS. The molecule has 0 radical (unpaired) electrons. The van der Waals surface area contributed by atoms with Crippen molar-refractivity contribution in [3.8, 4) is 0 Å². The Balaban J connectivity index is 2.75.